The summed E-state index contributed by atoms with van der Waals surface area (Å²) < 4.78 is 2.84. The highest BCUT2D eigenvalue weighted by atomic mass is 79.9. The molecule has 0 aliphatic carbocycles. The number of nitrogens with zero attached hydrogens (tertiary/aromatic N) is 3. The minimum absolute atomic E-state index is 0.0695. The van der Waals surface area contributed by atoms with Crippen LogP contribution in [0.25, 0.3) is 0 Å². The van der Waals surface area contributed by atoms with Gasteiger partial charge in [0.15, 0.2) is 11.0 Å². The second-order valence-corrected chi connectivity index (χ2v) is 10.0. The van der Waals surface area contributed by atoms with Crippen molar-refractivity contribution in [3.8, 4) is 0 Å². The maximum atomic E-state index is 12.9. The number of thioether (sulfide) groups is 1. The zero-order valence-electron chi connectivity index (χ0n) is 19.4. The number of benzene rings is 2. The van der Waals surface area contributed by atoms with Gasteiger partial charge in [0.25, 0.3) is 5.91 Å². The van der Waals surface area contributed by atoms with Gasteiger partial charge >= 0.3 is 0 Å². The zero-order chi connectivity index (χ0) is 24.7. The van der Waals surface area contributed by atoms with Crippen LogP contribution in [0.2, 0.25) is 0 Å². The van der Waals surface area contributed by atoms with E-state index in [-0.39, 0.29) is 29.5 Å². The smallest absolute Gasteiger partial charge is 0.251 e. The van der Waals surface area contributed by atoms with Crippen LogP contribution in [0, 0.1) is 12.8 Å². The molecule has 1 atom stereocenters. The average Bonchev–Trinajstić information content (AvgIpc) is 3.19. The molecule has 9 heteroatoms. The number of carbonyl (C=O) groups is 2. The monoisotopic (exact) mass is 541 g/mol. The van der Waals surface area contributed by atoms with Crippen LogP contribution >= 0.6 is 27.7 Å². The summed E-state index contributed by atoms with van der Waals surface area (Å²) in [5, 5.41) is 15.3. The first kappa shape index (κ1) is 25.7. The number of rotatable bonds is 10. The molecular formula is C25H28BrN5O2S. The molecule has 0 bridgehead atoms. The van der Waals surface area contributed by atoms with Gasteiger partial charge < -0.3 is 15.2 Å². The fourth-order valence-electron chi connectivity index (χ4n) is 3.34. The Hall–Kier alpha value is -2.91. The van der Waals surface area contributed by atoms with Crippen LogP contribution in [0.5, 0.6) is 0 Å². The summed E-state index contributed by atoms with van der Waals surface area (Å²) in [6.07, 6.45) is 1.75. The number of allylic oxidation sites excluding steroid dienone is 1. The number of aryl methyl sites for hydroxylation is 1. The van der Waals surface area contributed by atoms with Crippen molar-refractivity contribution in [2.75, 3.05) is 11.1 Å². The molecule has 34 heavy (non-hydrogen) atoms. The highest BCUT2D eigenvalue weighted by Crippen LogP contribution is 2.26. The number of anilines is 1. The molecule has 1 aromatic heterocycles. The van der Waals surface area contributed by atoms with Crippen molar-refractivity contribution in [1.29, 1.82) is 0 Å². The predicted molar refractivity (Wildman–Crippen MR) is 140 cm³/mol. The normalized spacial score (nSPS) is 11.8. The Bertz CT molecular complexity index is 1160. The summed E-state index contributed by atoms with van der Waals surface area (Å²) in [5.74, 6) is 0.563. The molecule has 3 rings (SSSR count). The number of aromatic nitrogens is 3. The van der Waals surface area contributed by atoms with Crippen molar-refractivity contribution >= 4 is 45.2 Å². The predicted octanol–water partition coefficient (Wildman–Crippen LogP) is 5.39. The maximum absolute atomic E-state index is 12.9. The van der Waals surface area contributed by atoms with Gasteiger partial charge in [-0.25, -0.2) is 0 Å². The van der Waals surface area contributed by atoms with Crippen molar-refractivity contribution in [2.45, 2.75) is 38.5 Å². The van der Waals surface area contributed by atoms with Gasteiger partial charge in [-0.15, -0.1) is 16.8 Å². The van der Waals surface area contributed by atoms with Gasteiger partial charge in [0, 0.05) is 22.3 Å². The van der Waals surface area contributed by atoms with Crippen LogP contribution in [0.4, 0.5) is 5.69 Å². The molecule has 0 saturated carbocycles. The Kier molecular flexibility index (Phi) is 9.06. The largest absolute Gasteiger partial charge is 0.342 e. The number of amides is 2. The number of halogens is 1. The lowest BCUT2D eigenvalue weighted by Gasteiger charge is -2.22. The topological polar surface area (TPSA) is 88.9 Å². The summed E-state index contributed by atoms with van der Waals surface area (Å²) in [5.41, 5.74) is 2.34. The highest BCUT2D eigenvalue weighted by molar-refractivity contribution is 9.10. The van der Waals surface area contributed by atoms with E-state index < -0.39 is 0 Å². The molecule has 2 aromatic carbocycles. The molecule has 178 valence electrons. The lowest BCUT2D eigenvalue weighted by Crippen LogP contribution is -2.34. The van der Waals surface area contributed by atoms with Gasteiger partial charge in [-0.2, -0.15) is 0 Å². The summed E-state index contributed by atoms with van der Waals surface area (Å²) in [6.45, 7) is 10.3. The first-order valence-electron chi connectivity index (χ1n) is 10.9. The minimum atomic E-state index is -0.355. The minimum Gasteiger partial charge on any atom is -0.342 e. The summed E-state index contributed by atoms with van der Waals surface area (Å²) in [7, 11) is 0. The van der Waals surface area contributed by atoms with E-state index in [0.717, 1.165) is 15.7 Å². The highest BCUT2D eigenvalue weighted by Gasteiger charge is 2.26. The van der Waals surface area contributed by atoms with Crippen LogP contribution in [0.3, 0.4) is 0 Å². The summed E-state index contributed by atoms with van der Waals surface area (Å²) in [4.78, 5) is 25.4. The Balaban J connectivity index is 1.74. The third-order valence-electron chi connectivity index (χ3n) is 5.03. The van der Waals surface area contributed by atoms with Crippen molar-refractivity contribution < 1.29 is 9.59 Å². The maximum Gasteiger partial charge on any atom is 0.251 e. The van der Waals surface area contributed by atoms with E-state index in [0.29, 0.717) is 23.1 Å². The SMILES string of the molecule is C=CCn1c(SCC(=O)Nc2ccc(Br)cc2)nnc1[C@@H](NC(=O)c1cccc(C)c1)C(C)C. The summed E-state index contributed by atoms with van der Waals surface area (Å²) in [6, 6.07) is 14.5. The molecule has 1 heterocycles. The lowest BCUT2D eigenvalue weighted by atomic mass is 10.0. The van der Waals surface area contributed by atoms with Crippen molar-refractivity contribution in [2.24, 2.45) is 5.92 Å². The number of hydrogen-bond acceptors (Lipinski definition) is 5. The second-order valence-electron chi connectivity index (χ2n) is 8.15. The molecular weight excluding hydrogens is 514 g/mol. The van der Waals surface area contributed by atoms with Gasteiger partial charge in [-0.1, -0.05) is 65.3 Å². The van der Waals surface area contributed by atoms with E-state index in [1.807, 2.05) is 67.8 Å². The molecule has 2 N–H and O–H groups in total. The molecule has 0 saturated heterocycles. The van der Waals surface area contributed by atoms with Crippen molar-refractivity contribution in [1.82, 2.24) is 20.1 Å². The van der Waals surface area contributed by atoms with Gasteiger partial charge in [-0.05, 0) is 49.2 Å². The summed E-state index contributed by atoms with van der Waals surface area (Å²) >= 11 is 4.67. The fourth-order valence-corrected chi connectivity index (χ4v) is 4.36. The van der Waals surface area contributed by atoms with E-state index >= 15 is 0 Å². The van der Waals surface area contributed by atoms with Gasteiger partial charge in [0.2, 0.25) is 5.91 Å². The van der Waals surface area contributed by atoms with Crippen LogP contribution < -0.4 is 10.6 Å². The Morgan fingerprint density at radius 2 is 1.91 bits per heavy atom. The van der Waals surface area contributed by atoms with E-state index in [4.69, 9.17) is 0 Å². The van der Waals surface area contributed by atoms with E-state index in [2.05, 4.69) is 43.3 Å². The molecule has 0 fully saturated rings. The van der Waals surface area contributed by atoms with E-state index in [1.165, 1.54) is 11.8 Å². The molecule has 0 aliphatic heterocycles. The number of hydrogen-bond donors (Lipinski definition) is 2. The number of carbonyl (C=O) groups excluding carboxylic acids is 2. The fraction of sp³-hybridized carbons (Fsp3) is 0.280. The molecule has 3 aromatic rings. The van der Waals surface area contributed by atoms with E-state index in [1.54, 1.807) is 12.1 Å². The standard InChI is InChI=1S/C25H28BrN5O2S/c1-5-13-31-23(22(16(2)3)28-24(33)18-8-6-7-17(4)14-18)29-30-25(31)34-15-21(32)27-20-11-9-19(26)10-12-20/h5-12,14,16,22H,1,13,15H2,2-4H3,(H,27,32)(H,28,33)/t22-/m0/s1. The Morgan fingerprint density at radius 3 is 2.56 bits per heavy atom. The van der Waals surface area contributed by atoms with Crippen LogP contribution in [-0.4, -0.2) is 32.3 Å². The van der Waals surface area contributed by atoms with Crippen LogP contribution in [0.1, 0.15) is 41.6 Å². The lowest BCUT2D eigenvalue weighted by molar-refractivity contribution is -0.113. The molecule has 0 aliphatic rings. The Morgan fingerprint density at radius 1 is 1.18 bits per heavy atom. The number of nitrogens with one attached hydrogen (secondary N) is 2. The van der Waals surface area contributed by atoms with Gasteiger partial charge in [0.1, 0.15) is 0 Å². The third-order valence-corrected chi connectivity index (χ3v) is 6.52. The second kappa shape index (κ2) is 12.0. The average molecular weight is 543 g/mol. The quantitative estimate of drug-likeness (QED) is 0.265. The molecule has 0 unspecified atom stereocenters. The van der Waals surface area contributed by atoms with E-state index in [9.17, 15) is 9.59 Å². The van der Waals surface area contributed by atoms with Crippen LogP contribution in [-0.2, 0) is 11.3 Å². The first-order chi connectivity index (χ1) is 16.3. The van der Waals surface area contributed by atoms with Crippen LogP contribution in [0.15, 0.2) is 70.8 Å². The van der Waals surface area contributed by atoms with Gasteiger partial charge in [0.05, 0.1) is 11.8 Å². The zero-order valence-corrected chi connectivity index (χ0v) is 21.8. The molecule has 7 nitrogen and oxygen atoms in total. The molecule has 2 amide bonds. The van der Waals surface area contributed by atoms with Gasteiger partial charge in [-0.3, -0.25) is 9.59 Å². The molecule has 0 radical (unpaired) electrons. The Labute approximate surface area is 212 Å². The third kappa shape index (κ3) is 6.80. The first-order valence-corrected chi connectivity index (χ1v) is 12.7. The molecule has 0 spiro atoms. The van der Waals surface area contributed by atoms with Crippen molar-refractivity contribution in [3.05, 3.63) is 82.6 Å². The van der Waals surface area contributed by atoms with Crippen molar-refractivity contribution in [3.63, 3.8) is 0 Å².